The molecule has 1 aromatic carbocycles. The van der Waals surface area contributed by atoms with Crippen molar-refractivity contribution in [3.05, 3.63) is 76.2 Å². The highest BCUT2D eigenvalue weighted by Gasteiger charge is 2.14. The van der Waals surface area contributed by atoms with Crippen molar-refractivity contribution >= 4 is 23.0 Å². The fourth-order valence-corrected chi connectivity index (χ4v) is 3.37. The Hall–Kier alpha value is -2.73. The number of aromatic nitrogens is 2. The lowest BCUT2D eigenvalue weighted by molar-refractivity contribution is -0.130. The molecule has 0 saturated heterocycles. The van der Waals surface area contributed by atoms with Gasteiger partial charge in [-0.05, 0) is 17.0 Å². The van der Waals surface area contributed by atoms with E-state index in [-0.39, 0.29) is 24.5 Å². The van der Waals surface area contributed by atoms with Crippen LogP contribution in [-0.2, 0) is 17.9 Å². The number of carbonyl (C=O) groups excluding carboxylic acids is 2. The maximum atomic E-state index is 12.3. The Balaban J connectivity index is 1.49. The van der Waals surface area contributed by atoms with Gasteiger partial charge in [-0.3, -0.25) is 14.3 Å². The molecule has 0 radical (unpaired) electrons. The largest absolute Gasteiger partial charge is 0.341 e. The van der Waals surface area contributed by atoms with Gasteiger partial charge in [0.15, 0.2) is 5.78 Å². The second-order valence-electron chi connectivity index (χ2n) is 6.18. The van der Waals surface area contributed by atoms with Gasteiger partial charge in [-0.25, -0.2) is 0 Å². The predicted octanol–water partition coefficient (Wildman–Crippen LogP) is 3.61. The monoisotopic (exact) mass is 367 g/mol. The summed E-state index contributed by atoms with van der Waals surface area (Å²) in [6, 6.07) is 13.7. The summed E-state index contributed by atoms with van der Waals surface area (Å²) in [4.78, 5) is 26.6. The van der Waals surface area contributed by atoms with Gasteiger partial charge in [-0.2, -0.15) is 5.10 Å². The molecule has 2 heterocycles. The first-order valence-electron chi connectivity index (χ1n) is 8.48. The molecule has 6 heteroatoms. The van der Waals surface area contributed by atoms with Crippen molar-refractivity contribution in [1.82, 2.24) is 14.7 Å². The zero-order valence-electron chi connectivity index (χ0n) is 14.7. The Labute approximate surface area is 156 Å². The van der Waals surface area contributed by atoms with Crippen molar-refractivity contribution in [2.75, 3.05) is 7.05 Å². The summed E-state index contributed by atoms with van der Waals surface area (Å²) in [7, 11) is 1.76. The first-order valence-corrected chi connectivity index (χ1v) is 9.35. The molecule has 0 aliphatic rings. The number of benzene rings is 1. The molecule has 0 unspecified atom stereocenters. The van der Waals surface area contributed by atoms with E-state index in [2.05, 4.69) is 17.2 Å². The molecule has 0 atom stereocenters. The summed E-state index contributed by atoms with van der Waals surface area (Å²) in [6.07, 6.45) is 4.21. The summed E-state index contributed by atoms with van der Waals surface area (Å²) in [5.41, 5.74) is 2.15. The predicted molar refractivity (Wildman–Crippen MR) is 102 cm³/mol. The highest BCUT2D eigenvalue weighted by atomic mass is 32.1. The number of hydrogen-bond acceptors (Lipinski definition) is 4. The van der Waals surface area contributed by atoms with E-state index in [1.807, 2.05) is 40.5 Å². The lowest BCUT2D eigenvalue weighted by atomic mass is 10.2. The second kappa shape index (κ2) is 8.58. The number of Topliss-reactive ketones (excluding diaryl/α,β-unsaturated/α-hetero) is 1. The van der Waals surface area contributed by atoms with Crippen molar-refractivity contribution < 1.29 is 9.59 Å². The Morgan fingerprint density at radius 3 is 2.62 bits per heavy atom. The quantitative estimate of drug-likeness (QED) is 0.572. The topological polar surface area (TPSA) is 55.2 Å². The number of rotatable bonds is 8. The van der Waals surface area contributed by atoms with Crippen LogP contribution in [0.25, 0.3) is 0 Å². The van der Waals surface area contributed by atoms with E-state index in [1.165, 1.54) is 16.9 Å². The fourth-order valence-electron chi connectivity index (χ4n) is 2.68. The number of amides is 1. The van der Waals surface area contributed by atoms with E-state index in [0.717, 1.165) is 5.56 Å². The number of nitrogens with zero attached hydrogens (tertiary/aromatic N) is 3. The molecule has 134 valence electrons. The van der Waals surface area contributed by atoms with Crippen LogP contribution < -0.4 is 0 Å². The maximum Gasteiger partial charge on any atom is 0.223 e. The van der Waals surface area contributed by atoms with Gasteiger partial charge in [0.1, 0.15) is 0 Å². The highest BCUT2D eigenvalue weighted by Crippen LogP contribution is 2.13. The van der Waals surface area contributed by atoms with Crippen LogP contribution in [0.4, 0.5) is 0 Å². The lowest BCUT2D eigenvalue weighted by Gasteiger charge is -2.15. The van der Waals surface area contributed by atoms with Gasteiger partial charge in [-0.1, -0.05) is 36.4 Å². The van der Waals surface area contributed by atoms with Crippen molar-refractivity contribution in [1.29, 1.82) is 0 Å². The number of carbonyl (C=O) groups is 2. The molecule has 3 aromatic rings. The van der Waals surface area contributed by atoms with Crippen molar-refractivity contribution in [3.63, 3.8) is 0 Å². The highest BCUT2D eigenvalue weighted by molar-refractivity contribution is 7.12. The SMILES string of the molecule is CN(Cc1cnn(Cc2ccccc2)c1)C(=O)CCC(=O)c1cccs1. The zero-order chi connectivity index (χ0) is 18.4. The van der Waals surface area contributed by atoms with Gasteiger partial charge in [0.25, 0.3) is 0 Å². The molecule has 0 N–H and O–H groups in total. The smallest absolute Gasteiger partial charge is 0.223 e. The number of hydrogen-bond donors (Lipinski definition) is 0. The molecule has 1 amide bonds. The van der Waals surface area contributed by atoms with Crippen LogP contribution in [0.2, 0.25) is 0 Å². The molecule has 0 saturated carbocycles. The average molecular weight is 367 g/mol. The van der Waals surface area contributed by atoms with Gasteiger partial charge in [-0.15, -0.1) is 11.3 Å². The van der Waals surface area contributed by atoms with Crippen molar-refractivity contribution in [2.45, 2.75) is 25.9 Å². The minimum Gasteiger partial charge on any atom is -0.341 e. The van der Waals surface area contributed by atoms with Crippen LogP contribution in [0.3, 0.4) is 0 Å². The van der Waals surface area contributed by atoms with E-state index in [1.54, 1.807) is 24.2 Å². The summed E-state index contributed by atoms with van der Waals surface area (Å²) in [5.74, 6) is -0.0110. The van der Waals surface area contributed by atoms with Gasteiger partial charge < -0.3 is 4.90 Å². The minimum atomic E-state index is -0.0364. The van der Waals surface area contributed by atoms with E-state index in [0.29, 0.717) is 18.0 Å². The Kier molecular flexibility index (Phi) is 5.96. The van der Waals surface area contributed by atoms with Gasteiger partial charge in [0.2, 0.25) is 5.91 Å². The van der Waals surface area contributed by atoms with E-state index >= 15 is 0 Å². The van der Waals surface area contributed by atoms with Crippen LogP contribution >= 0.6 is 11.3 Å². The molecule has 2 aromatic heterocycles. The van der Waals surface area contributed by atoms with Crippen LogP contribution in [0, 0.1) is 0 Å². The fraction of sp³-hybridized carbons (Fsp3) is 0.250. The molecule has 5 nitrogen and oxygen atoms in total. The van der Waals surface area contributed by atoms with Crippen LogP contribution in [-0.4, -0.2) is 33.4 Å². The minimum absolute atomic E-state index is 0.0254. The molecule has 0 spiro atoms. The summed E-state index contributed by atoms with van der Waals surface area (Å²) in [6.45, 7) is 1.19. The Morgan fingerprint density at radius 1 is 1.08 bits per heavy atom. The van der Waals surface area contributed by atoms with Gasteiger partial charge in [0.05, 0.1) is 17.6 Å². The standard InChI is InChI=1S/C20H21N3O2S/c1-22(20(25)10-9-18(24)19-8-5-11-26-19)13-17-12-21-23(15-17)14-16-6-3-2-4-7-16/h2-8,11-12,15H,9-10,13-14H2,1H3. The average Bonchev–Trinajstić information content (AvgIpc) is 3.32. The van der Waals surface area contributed by atoms with Crippen molar-refractivity contribution in [2.24, 2.45) is 0 Å². The third-order valence-corrected chi connectivity index (χ3v) is 4.99. The van der Waals surface area contributed by atoms with Crippen LogP contribution in [0.15, 0.2) is 60.2 Å². The molecule has 0 bridgehead atoms. The Morgan fingerprint density at radius 2 is 1.88 bits per heavy atom. The number of thiophene rings is 1. The van der Waals surface area contributed by atoms with E-state index in [4.69, 9.17) is 0 Å². The third kappa shape index (κ3) is 4.89. The van der Waals surface area contributed by atoms with Crippen LogP contribution in [0.1, 0.15) is 33.6 Å². The summed E-state index contributed by atoms with van der Waals surface area (Å²) < 4.78 is 1.86. The number of ketones is 1. The molecular weight excluding hydrogens is 346 g/mol. The molecule has 0 aliphatic heterocycles. The molecule has 0 fully saturated rings. The third-order valence-electron chi connectivity index (χ3n) is 4.08. The zero-order valence-corrected chi connectivity index (χ0v) is 15.5. The molecule has 3 rings (SSSR count). The normalized spacial score (nSPS) is 10.7. The Bertz CT molecular complexity index is 856. The first-order chi connectivity index (χ1) is 12.6. The van der Waals surface area contributed by atoms with Crippen molar-refractivity contribution in [3.8, 4) is 0 Å². The molecule has 0 aliphatic carbocycles. The van der Waals surface area contributed by atoms with Crippen LogP contribution in [0.5, 0.6) is 0 Å². The van der Waals surface area contributed by atoms with E-state index in [9.17, 15) is 9.59 Å². The molecule has 26 heavy (non-hydrogen) atoms. The maximum absolute atomic E-state index is 12.3. The molecular formula is C20H21N3O2S. The van der Waals surface area contributed by atoms with E-state index < -0.39 is 0 Å². The summed E-state index contributed by atoms with van der Waals surface area (Å²) in [5, 5.41) is 6.23. The van der Waals surface area contributed by atoms with Gasteiger partial charge >= 0.3 is 0 Å². The van der Waals surface area contributed by atoms with Gasteiger partial charge in [0, 0.05) is 38.2 Å². The first kappa shape index (κ1) is 18.1. The second-order valence-corrected chi connectivity index (χ2v) is 7.13. The summed E-state index contributed by atoms with van der Waals surface area (Å²) >= 11 is 1.41. The lowest BCUT2D eigenvalue weighted by Crippen LogP contribution is -2.26.